The standard InChI is InChI=1S/C19H18Cl2N2O4S/c1-25-14-5-4-11(20)8-13(14)22-19-23-18(24)17(28-19)7-10-6-15(26-2)16(27-3)9-12(10)21/h4-9,19,22H,1-3H3,(H,23,24)/b17-7-. The van der Waals surface area contributed by atoms with Crippen molar-refractivity contribution in [2.45, 2.75) is 5.50 Å². The zero-order valence-corrected chi connectivity index (χ0v) is 17.7. The van der Waals surface area contributed by atoms with Crippen LogP contribution in [0.25, 0.3) is 6.08 Å². The SMILES string of the molecule is COc1ccc(Cl)cc1NC1NC(=O)/C(=C/c2cc(OC)c(OC)cc2Cl)S1. The van der Waals surface area contributed by atoms with E-state index in [9.17, 15) is 4.79 Å². The van der Waals surface area contributed by atoms with Gasteiger partial charge in [0.1, 0.15) is 5.75 Å². The molecule has 9 heteroatoms. The molecular weight excluding hydrogens is 423 g/mol. The lowest BCUT2D eigenvalue weighted by Crippen LogP contribution is -2.31. The van der Waals surface area contributed by atoms with Crippen molar-refractivity contribution in [3.05, 3.63) is 50.8 Å². The fourth-order valence-corrected chi connectivity index (χ4v) is 3.97. The molecule has 1 aliphatic heterocycles. The number of rotatable bonds is 6. The van der Waals surface area contributed by atoms with E-state index in [-0.39, 0.29) is 11.4 Å². The number of thioether (sulfide) groups is 1. The van der Waals surface area contributed by atoms with Crippen molar-refractivity contribution in [2.24, 2.45) is 0 Å². The van der Waals surface area contributed by atoms with Crippen LogP contribution in [-0.4, -0.2) is 32.7 Å². The molecule has 1 atom stereocenters. The molecular formula is C19H18Cl2N2O4S. The van der Waals surface area contributed by atoms with E-state index in [2.05, 4.69) is 10.6 Å². The maximum Gasteiger partial charge on any atom is 0.260 e. The number of nitrogens with one attached hydrogen (secondary N) is 2. The predicted molar refractivity (Wildman–Crippen MR) is 114 cm³/mol. The van der Waals surface area contributed by atoms with Gasteiger partial charge in [0.15, 0.2) is 17.0 Å². The van der Waals surface area contributed by atoms with E-state index in [4.69, 9.17) is 37.4 Å². The number of hydrogen-bond acceptors (Lipinski definition) is 6. The normalized spacial score (nSPS) is 17.4. The van der Waals surface area contributed by atoms with Gasteiger partial charge >= 0.3 is 0 Å². The second-order valence-corrected chi connectivity index (χ2v) is 7.69. The highest BCUT2D eigenvalue weighted by atomic mass is 35.5. The minimum atomic E-state index is -0.384. The topological polar surface area (TPSA) is 68.8 Å². The van der Waals surface area contributed by atoms with Crippen LogP contribution in [0, 0.1) is 0 Å². The summed E-state index contributed by atoms with van der Waals surface area (Å²) in [5.41, 5.74) is 0.946. The van der Waals surface area contributed by atoms with Gasteiger partial charge in [-0.1, -0.05) is 35.0 Å². The Hall–Kier alpha value is -2.22. The van der Waals surface area contributed by atoms with Gasteiger partial charge in [0, 0.05) is 11.1 Å². The Morgan fingerprint density at radius 1 is 1.04 bits per heavy atom. The first-order chi connectivity index (χ1) is 13.4. The summed E-state index contributed by atoms with van der Waals surface area (Å²) in [5.74, 6) is 1.46. The summed E-state index contributed by atoms with van der Waals surface area (Å²) >= 11 is 13.7. The first-order valence-electron chi connectivity index (χ1n) is 8.16. The quantitative estimate of drug-likeness (QED) is 0.638. The van der Waals surface area contributed by atoms with Gasteiger partial charge in [-0.3, -0.25) is 4.79 Å². The van der Waals surface area contributed by atoms with E-state index < -0.39 is 0 Å². The highest BCUT2D eigenvalue weighted by molar-refractivity contribution is 8.05. The monoisotopic (exact) mass is 440 g/mol. The van der Waals surface area contributed by atoms with Crippen LogP contribution < -0.4 is 24.8 Å². The molecule has 1 fully saturated rings. The number of carbonyl (C=O) groups is 1. The molecule has 2 aromatic carbocycles. The molecule has 3 rings (SSSR count). The zero-order valence-electron chi connectivity index (χ0n) is 15.3. The van der Waals surface area contributed by atoms with Crippen LogP contribution in [-0.2, 0) is 4.79 Å². The maximum absolute atomic E-state index is 12.4. The summed E-state index contributed by atoms with van der Waals surface area (Å²) in [4.78, 5) is 12.9. The van der Waals surface area contributed by atoms with Gasteiger partial charge < -0.3 is 24.8 Å². The van der Waals surface area contributed by atoms with Crippen LogP contribution >= 0.6 is 35.0 Å². The Balaban J connectivity index is 1.83. The highest BCUT2D eigenvalue weighted by Crippen LogP contribution is 2.38. The molecule has 28 heavy (non-hydrogen) atoms. The number of ether oxygens (including phenoxy) is 3. The lowest BCUT2D eigenvalue weighted by molar-refractivity contribution is -0.116. The second-order valence-electron chi connectivity index (χ2n) is 5.70. The molecule has 148 valence electrons. The average Bonchev–Trinajstić information content (AvgIpc) is 3.02. The minimum Gasteiger partial charge on any atom is -0.495 e. The number of hydrogen-bond donors (Lipinski definition) is 2. The van der Waals surface area contributed by atoms with Gasteiger partial charge in [-0.25, -0.2) is 0 Å². The van der Waals surface area contributed by atoms with Crippen LogP contribution in [0.15, 0.2) is 35.2 Å². The van der Waals surface area contributed by atoms with Crippen molar-refractivity contribution in [1.29, 1.82) is 0 Å². The molecule has 2 N–H and O–H groups in total. The van der Waals surface area contributed by atoms with Crippen molar-refractivity contribution in [3.63, 3.8) is 0 Å². The number of carbonyl (C=O) groups excluding carboxylic acids is 1. The third-order valence-corrected chi connectivity index (χ3v) is 5.56. The first-order valence-corrected chi connectivity index (χ1v) is 9.79. The Morgan fingerprint density at radius 2 is 1.71 bits per heavy atom. The van der Waals surface area contributed by atoms with Crippen molar-refractivity contribution in [2.75, 3.05) is 26.6 Å². The summed E-state index contributed by atoms with van der Waals surface area (Å²) < 4.78 is 15.9. The Labute approximate surface area is 177 Å². The van der Waals surface area contributed by atoms with Crippen molar-refractivity contribution >= 4 is 52.6 Å². The fourth-order valence-electron chi connectivity index (χ4n) is 2.62. The summed E-state index contributed by atoms with van der Waals surface area (Å²) in [6.07, 6.45) is 1.71. The Morgan fingerprint density at radius 3 is 2.39 bits per heavy atom. The molecule has 0 spiro atoms. The third kappa shape index (κ3) is 4.43. The van der Waals surface area contributed by atoms with E-state index in [1.807, 2.05) is 0 Å². The van der Waals surface area contributed by atoms with Crippen molar-refractivity contribution in [3.8, 4) is 17.2 Å². The zero-order chi connectivity index (χ0) is 20.3. The van der Waals surface area contributed by atoms with Gasteiger partial charge in [-0.15, -0.1) is 0 Å². The molecule has 1 unspecified atom stereocenters. The number of benzene rings is 2. The van der Waals surface area contributed by atoms with Crippen LogP contribution in [0.4, 0.5) is 5.69 Å². The molecule has 1 saturated heterocycles. The van der Waals surface area contributed by atoms with E-state index in [0.717, 1.165) is 0 Å². The number of amides is 1. The van der Waals surface area contributed by atoms with Gasteiger partial charge in [-0.05, 0) is 35.9 Å². The number of methoxy groups -OCH3 is 3. The van der Waals surface area contributed by atoms with E-state index in [1.54, 1.807) is 43.5 Å². The van der Waals surface area contributed by atoms with Crippen LogP contribution in [0.2, 0.25) is 10.0 Å². The number of halogens is 2. The lowest BCUT2D eigenvalue weighted by Gasteiger charge is -2.15. The molecule has 0 aliphatic carbocycles. The van der Waals surface area contributed by atoms with Gasteiger partial charge in [0.25, 0.3) is 5.91 Å². The van der Waals surface area contributed by atoms with Gasteiger partial charge in [0.05, 0.1) is 36.9 Å². The van der Waals surface area contributed by atoms with Gasteiger partial charge in [-0.2, -0.15) is 0 Å². The fraction of sp³-hybridized carbons (Fsp3) is 0.211. The minimum absolute atomic E-state index is 0.214. The molecule has 0 bridgehead atoms. The summed E-state index contributed by atoms with van der Waals surface area (Å²) in [5, 5.41) is 7.08. The van der Waals surface area contributed by atoms with Gasteiger partial charge in [0.2, 0.25) is 0 Å². The van der Waals surface area contributed by atoms with E-state index in [1.165, 1.54) is 26.0 Å². The Kier molecular flexibility index (Phi) is 6.49. The summed E-state index contributed by atoms with van der Waals surface area (Å²) in [6.45, 7) is 0. The molecule has 2 aromatic rings. The van der Waals surface area contributed by atoms with Crippen LogP contribution in [0.1, 0.15) is 5.56 Å². The van der Waals surface area contributed by atoms with Crippen molar-refractivity contribution < 1.29 is 19.0 Å². The largest absolute Gasteiger partial charge is 0.495 e. The first kappa shape index (κ1) is 20.5. The summed E-state index contributed by atoms with van der Waals surface area (Å²) in [7, 11) is 4.64. The molecule has 1 amide bonds. The molecule has 0 saturated carbocycles. The predicted octanol–water partition coefficient (Wildman–Crippen LogP) is 4.62. The number of anilines is 1. The van der Waals surface area contributed by atoms with Crippen molar-refractivity contribution in [1.82, 2.24) is 5.32 Å². The maximum atomic E-state index is 12.4. The van der Waals surface area contributed by atoms with Crippen LogP contribution in [0.5, 0.6) is 17.2 Å². The molecule has 6 nitrogen and oxygen atoms in total. The Bertz CT molecular complexity index is 936. The van der Waals surface area contributed by atoms with E-state index in [0.29, 0.717) is 43.4 Å². The smallest absolute Gasteiger partial charge is 0.260 e. The second kappa shape index (κ2) is 8.86. The average molecular weight is 441 g/mol. The summed E-state index contributed by atoms with van der Waals surface area (Å²) in [6, 6.07) is 8.60. The molecule has 1 aliphatic rings. The molecule has 0 aromatic heterocycles. The van der Waals surface area contributed by atoms with E-state index >= 15 is 0 Å². The highest BCUT2D eigenvalue weighted by Gasteiger charge is 2.28. The molecule has 0 radical (unpaired) electrons. The molecule has 1 heterocycles. The van der Waals surface area contributed by atoms with Crippen LogP contribution in [0.3, 0.4) is 0 Å². The third-order valence-electron chi connectivity index (χ3n) is 3.97. The lowest BCUT2D eigenvalue weighted by atomic mass is 10.2.